The van der Waals surface area contributed by atoms with Crippen molar-refractivity contribution in [2.75, 3.05) is 0 Å². The quantitative estimate of drug-likeness (QED) is 0.468. The number of carbonyl (C=O) groups excluding carboxylic acids is 1. The zero-order chi connectivity index (χ0) is 16.3. The number of rotatable bonds is 4. The van der Waals surface area contributed by atoms with Crippen LogP contribution < -0.4 is 0 Å². The number of esters is 1. The molecule has 0 aliphatic carbocycles. The van der Waals surface area contributed by atoms with Crippen LogP contribution in [0.3, 0.4) is 0 Å². The number of benzene rings is 2. The van der Waals surface area contributed by atoms with E-state index in [1.54, 1.807) is 0 Å². The molecule has 0 heterocycles. The van der Waals surface area contributed by atoms with Crippen molar-refractivity contribution >= 4 is 34.9 Å². The molecular formula is C14H8Cl2FNO4. The van der Waals surface area contributed by atoms with Gasteiger partial charge in [0.1, 0.15) is 12.4 Å². The topological polar surface area (TPSA) is 69.4 Å². The van der Waals surface area contributed by atoms with Crippen molar-refractivity contribution in [1.29, 1.82) is 0 Å². The van der Waals surface area contributed by atoms with Crippen molar-refractivity contribution in [3.05, 3.63) is 73.5 Å². The summed E-state index contributed by atoms with van der Waals surface area (Å²) in [4.78, 5) is 22.0. The van der Waals surface area contributed by atoms with E-state index >= 15 is 0 Å². The number of nitro benzene ring substituents is 1. The highest BCUT2D eigenvalue weighted by Crippen LogP contribution is 2.24. The Morgan fingerprint density at radius 2 is 1.95 bits per heavy atom. The first-order chi connectivity index (χ1) is 10.4. The fourth-order valence-electron chi connectivity index (χ4n) is 1.67. The molecular weight excluding hydrogens is 336 g/mol. The number of carbonyl (C=O) groups is 1. The smallest absolute Gasteiger partial charge is 0.340 e. The van der Waals surface area contributed by atoms with Crippen molar-refractivity contribution in [1.82, 2.24) is 0 Å². The second-order valence-corrected chi connectivity index (χ2v) is 5.01. The normalized spacial score (nSPS) is 10.3. The average Bonchev–Trinajstić information content (AvgIpc) is 2.46. The molecule has 0 aromatic heterocycles. The zero-order valence-electron chi connectivity index (χ0n) is 10.9. The second kappa shape index (κ2) is 6.72. The molecule has 0 atom stereocenters. The van der Waals surface area contributed by atoms with Gasteiger partial charge in [-0.15, -0.1) is 0 Å². The highest BCUT2D eigenvalue weighted by molar-refractivity contribution is 6.33. The van der Waals surface area contributed by atoms with Crippen LogP contribution >= 0.6 is 23.2 Å². The first kappa shape index (κ1) is 16.2. The number of nitro groups is 1. The second-order valence-electron chi connectivity index (χ2n) is 4.20. The SMILES string of the molecule is O=C(OCc1c(F)cccc1Cl)c1cc([N+](=O)[O-])ccc1Cl. The maximum Gasteiger partial charge on any atom is 0.340 e. The van der Waals surface area contributed by atoms with Crippen LogP contribution in [0.25, 0.3) is 0 Å². The first-order valence-corrected chi connectivity index (χ1v) is 6.69. The molecule has 0 aliphatic rings. The minimum atomic E-state index is -0.909. The summed E-state index contributed by atoms with van der Waals surface area (Å²) in [5.74, 6) is -1.53. The number of nitrogens with zero attached hydrogens (tertiary/aromatic N) is 1. The van der Waals surface area contributed by atoms with Gasteiger partial charge in [0.25, 0.3) is 5.69 Å². The lowest BCUT2D eigenvalue weighted by atomic mass is 10.2. The van der Waals surface area contributed by atoms with Gasteiger partial charge in [0.15, 0.2) is 0 Å². The van der Waals surface area contributed by atoms with Crippen LogP contribution in [0.15, 0.2) is 36.4 Å². The number of hydrogen-bond acceptors (Lipinski definition) is 4. The van der Waals surface area contributed by atoms with Gasteiger partial charge in [0.2, 0.25) is 0 Å². The number of non-ortho nitro benzene ring substituents is 1. The van der Waals surface area contributed by atoms with Gasteiger partial charge in [0.05, 0.1) is 20.5 Å². The number of ether oxygens (including phenoxy) is 1. The van der Waals surface area contributed by atoms with Crippen LogP contribution in [-0.2, 0) is 11.3 Å². The van der Waals surface area contributed by atoms with E-state index in [0.717, 1.165) is 12.1 Å². The number of hydrogen-bond donors (Lipinski definition) is 0. The Kier molecular flexibility index (Phi) is 4.95. The maximum absolute atomic E-state index is 13.6. The molecule has 0 saturated carbocycles. The third kappa shape index (κ3) is 3.52. The third-order valence-corrected chi connectivity index (χ3v) is 3.47. The Labute approximate surface area is 134 Å². The summed E-state index contributed by atoms with van der Waals surface area (Å²) in [5.41, 5.74) is -0.470. The number of halogens is 3. The minimum absolute atomic E-state index is 0.00442. The van der Waals surface area contributed by atoms with E-state index in [2.05, 4.69) is 0 Å². The first-order valence-electron chi connectivity index (χ1n) is 5.94. The minimum Gasteiger partial charge on any atom is -0.457 e. The predicted octanol–water partition coefficient (Wildman–Crippen LogP) is 4.40. The summed E-state index contributed by atoms with van der Waals surface area (Å²) < 4.78 is 18.5. The van der Waals surface area contributed by atoms with E-state index in [4.69, 9.17) is 27.9 Å². The van der Waals surface area contributed by atoms with E-state index < -0.39 is 23.3 Å². The van der Waals surface area contributed by atoms with Gasteiger partial charge in [0, 0.05) is 17.7 Å². The summed E-state index contributed by atoms with van der Waals surface area (Å²) >= 11 is 11.6. The fraction of sp³-hybridized carbons (Fsp3) is 0.0714. The van der Waals surface area contributed by atoms with Gasteiger partial charge < -0.3 is 4.74 Å². The molecule has 0 bridgehead atoms. The maximum atomic E-state index is 13.6. The van der Waals surface area contributed by atoms with Crippen molar-refractivity contribution in [3.8, 4) is 0 Å². The molecule has 114 valence electrons. The summed E-state index contributed by atoms with van der Waals surface area (Å²) in [6, 6.07) is 7.41. The van der Waals surface area contributed by atoms with Gasteiger partial charge >= 0.3 is 5.97 Å². The summed E-state index contributed by atoms with van der Waals surface area (Å²) in [5, 5.41) is 10.8. The molecule has 22 heavy (non-hydrogen) atoms. The standard InChI is InChI=1S/C14H8Cl2FNO4/c15-11-2-1-3-13(17)10(11)7-22-14(19)9-6-8(18(20)21)4-5-12(9)16/h1-6H,7H2. The summed E-state index contributed by atoms with van der Waals surface area (Å²) in [7, 11) is 0. The van der Waals surface area contributed by atoms with Crippen LogP contribution in [0, 0.1) is 15.9 Å². The predicted molar refractivity (Wildman–Crippen MR) is 78.6 cm³/mol. The van der Waals surface area contributed by atoms with Gasteiger partial charge in [-0.05, 0) is 18.2 Å². The molecule has 0 spiro atoms. The van der Waals surface area contributed by atoms with Crippen molar-refractivity contribution in [2.24, 2.45) is 0 Å². The van der Waals surface area contributed by atoms with Crippen molar-refractivity contribution in [2.45, 2.75) is 6.61 Å². The van der Waals surface area contributed by atoms with E-state index in [9.17, 15) is 19.3 Å². The lowest BCUT2D eigenvalue weighted by Crippen LogP contribution is -2.08. The van der Waals surface area contributed by atoms with Crippen LogP contribution in [0.1, 0.15) is 15.9 Å². The monoisotopic (exact) mass is 343 g/mol. The molecule has 2 aromatic carbocycles. The molecule has 2 rings (SSSR count). The molecule has 0 unspecified atom stereocenters. The van der Waals surface area contributed by atoms with Crippen LogP contribution in [0.4, 0.5) is 10.1 Å². The van der Waals surface area contributed by atoms with Gasteiger partial charge in [-0.3, -0.25) is 10.1 Å². The van der Waals surface area contributed by atoms with Crippen LogP contribution in [0.2, 0.25) is 10.0 Å². The molecule has 0 amide bonds. The van der Waals surface area contributed by atoms with Crippen molar-refractivity contribution in [3.63, 3.8) is 0 Å². The Bertz CT molecular complexity index is 731. The van der Waals surface area contributed by atoms with Gasteiger partial charge in [-0.1, -0.05) is 29.3 Å². The molecule has 0 radical (unpaired) electrons. The highest BCUT2D eigenvalue weighted by atomic mass is 35.5. The molecule has 0 fully saturated rings. The summed E-state index contributed by atoms with van der Waals surface area (Å²) in [6.07, 6.45) is 0. The largest absolute Gasteiger partial charge is 0.457 e. The van der Waals surface area contributed by atoms with E-state index in [-0.39, 0.29) is 26.9 Å². The van der Waals surface area contributed by atoms with E-state index in [0.29, 0.717) is 0 Å². The lowest BCUT2D eigenvalue weighted by Gasteiger charge is -2.08. The van der Waals surface area contributed by atoms with E-state index in [1.165, 1.54) is 24.3 Å². The Morgan fingerprint density at radius 3 is 2.59 bits per heavy atom. The van der Waals surface area contributed by atoms with Crippen molar-refractivity contribution < 1.29 is 18.8 Å². The molecule has 0 N–H and O–H groups in total. The lowest BCUT2D eigenvalue weighted by molar-refractivity contribution is -0.384. The molecule has 2 aromatic rings. The van der Waals surface area contributed by atoms with Gasteiger partial charge in [-0.2, -0.15) is 0 Å². The molecule has 0 saturated heterocycles. The third-order valence-electron chi connectivity index (χ3n) is 2.79. The average molecular weight is 344 g/mol. The zero-order valence-corrected chi connectivity index (χ0v) is 12.4. The Balaban J connectivity index is 2.19. The Morgan fingerprint density at radius 1 is 1.23 bits per heavy atom. The molecule has 0 aliphatic heterocycles. The molecule has 8 heteroatoms. The van der Waals surface area contributed by atoms with Gasteiger partial charge in [-0.25, -0.2) is 9.18 Å². The molecule has 5 nitrogen and oxygen atoms in total. The summed E-state index contributed by atoms with van der Waals surface area (Å²) in [6.45, 7) is -0.413. The Hall–Kier alpha value is -2.18. The fourth-order valence-corrected chi connectivity index (χ4v) is 2.08. The van der Waals surface area contributed by atoms with Crippen LogP contribution in [-0.4, -0.2) is 10.9 Å². The van der Waals surface area contributed by atoms with E-state index in [1.807, 2.05) is 0 Å². The highest BCUT2D eigenvalue weighted by Gasteiger charge is 2.18. The van der Waals surface area contributed by atoms with Crippen LogP contribution in [0.5, 0.6) is 0 Å².